The van der Waals surface area contributed by atoms with Crippen LogP contribution in [0.4, 0.5) is 11.4 Å². The maximum Gasteiger partial charge on any atom is 0.258 e. The van der Waals surface area contributed by atoms with Crippen LogP contribution in [0.25, 0.3) is 0 Å². The van der Waals surface area contributed by atoms with Gasteiger partial charge in [0, 0.05) is 25.3 Å². The Kier molecular flexibility index (Phi) is 5.68. The molecule has 1 aliphatic rings. The molecule has 0 bridgehead atoms. The zero-order chi connectivity index (χ0) is 18.5. The van der Waals surface area contributed by atoms with Gasteiger partial charge >= 0.3 is 0 Å². The van der Waals surface area contributed by atoms with E-state index < -0.39 is 0 Å². The van der Waals surface area contributed by atoms with Crippen LogP contribution < -0.4 is 9.80 Å². The zero-order valence-corrected chi connectivity index (χ0v) is 15.2. The highest BCUT2D eigenvalue weighted by molar-refractivity contribution is 6.11. The van der Waals surface area contributed by atoms with Gasteiger partial charge < -0.3 is 14.5 Å². The summed E-state index contributed by atoms with van der Waals surface area (Å²) in [5, 5.41) is 0. The molecule has 26 heavy (non-hydrogen) atoms. The van der Waals surface area contributed by atoms with E-state index in [1.165, 1.54) is 0 Å². The number of para-hydroxylation sites is 2. The molecule has 1 aliphatic heterocycles. The second kappa shape index (κ2) is 8.15. The summed E-state index contributed by atoms with van der Waals surface area (Å²) in [5.41, 5.74) is 2.13. The molecule has 0 N–H and O–H groups in total. The molecular formula is C21H24N2O3. The van der Waals surface area contributed by atoms with Crippen LogP contribution in [0.5, 0.6) is 0 Å². The van der Waals surface area contributed by atoms with Gasteiger partial charge in [0.1, 0.15) is 0 Å². The molecule has 1 atom stereocenters. The normalized spacial score (nSPS) is 17.0. The Morgan fingerprint density at radius 2 is 1.73 bits per heavy atom. The molecule has 5 nitrogen and oxygen atoms in total. The van der Waals surface area contributed by atoms with E-state index in [0.29, 0.717) is 31.9 Å². The number of benzene rings is 2. The molecule has 2 amide bonds. The van der Waals surface area contributed by atoms with Gasteiger partial charge in [-0.15, -0.1) is 0 Å². The van der Waals surface area contributed by atoms with Crippen molar-refractivity contribution < 1.29 is 14.3 Å². The van der Waals surface area contributed by atoms with Crippen molar-refractivity contribution in [2.24, 2.45) is 5.92 Å². The van der Waals surface area contributed by atoms with Crippen LogP contribution in [-0.2, 0) is 9.53 Å². The summed E-state index contributed by atoms with van der Waals surface area (Å²) in [6, 6.07) is 16.8. The van der Waals surface area contributed by atoms with Crippen molar-refractivity contribution in [2.75, 3.05) is 36.1 Å². The fraction of sp³-hybridized carbons (Fsp3) is 0.333. The monoisotopic (exact) mass is 352 g/mol. The van der Waals surface area contributed by atoms with Crippen molar-refractivity contribution in [3.8, 4) is 0 Å². The third-order valence-electron chi connectivity index (χ3n) is 4.54. The summed E-state index contributed by atoms with van der Waals surface area (Å²) >= 11 is 0. The Bertz CT molecular complexity index is 776. The summed E-state index contributed by atoms with van der Waals surface area (Å²) in [6.07, 6.45) is 0. The molecule has 3 rings (SSSR count). The molecule has 1 unspecified atom stereocenters. The van der Waals surface area contributed by atoms with Gasteiger partial charge in [-0.05, 0) is 31.2 Å². The third-order valence-corrected chi connectivity index (χ3v) is 4.54. The predicted molar refractivity (Wildman–Crippen MR) is 103 cm³/mol. The van der Waals surface area contributed by atoms with Gasteiger partial charge in [-0.1, -0.05) is 37.3 Å². The summed E-state index contributed by atoms with van der Waals surface area (Å²) in [4.78, 5) is 29.5. The van der Waals surface area contributed by atoms with Crippen LogP contribution in [0.2, 0.25) is 0 Å². The minimum absolute atomic E-state index is 0.0144. The summed E-state index contributed by atoms with van der Waals surface area (Å²) in [6.45, 7) is 5.71. The third kappa shape index (κ3) is 3.63. The second-order valence-corrected chi connectivity index (χ2v) is 6.36. The molecule has 136 valence electrons. The number of fused-ring (bicyclic) bond motifs is 1. The van der Waals surface area contributed by atoms with Crippen LogP contribution in [0.1, 0.15) is 24.2 Å². The quantitative estimate of drug-likeness (QED) is 0.776. The number of ether oxygens (including phenoxy) is 1. The number of carbonyl (C=O) groups excluding carboxylic acids is 2. The zero-order valence-electron chi connectivity index (χ0n) is 15.2. The van der Waals surface area contributed by atoms with Gasteiger partial charge in [0.05, 0.1) is 23.9 Å². The van der Waals surface area contributed by atoms with Crippen molar-refractivity contribution in [2.45, 2.75) is 13.8 Å². The molecule has 1 heterocycles. The summed E-state index contributed by atoms with van der Waals surface area (Å²) in [5.74, 6) is -0.374. The van der Waals surface area contributed by atoms with E-state index in [1.807, 2.05) is 56.3 Å². The number of hydrogen-bond donors (Lipinski definition) is 0. The molecule has 2 aromatic rings. The number of rotatable bonds is 5. The predicted octanol–water partition coefficient (Wildman–Crippen LogP) is 3.35. The number of anilines is 2. The van der Waals surface area contributed by atoms with Crippen molar-refractivity contribution in [3.63, 3.8) is 0 Å². The van der Waals surface area contributed by atoms with Gasteiger partial charge in [0.15, 0.2) is 0 Å². The van der Waals surface area contributed by atoms with E-state index in [1.54, 1.807) is 21.9 Å². The highest BCUT2D eigenvalue weighted by Crippen LogP contribution is 2.34. The van der Waals surface area contributed by atoms with Crippen LogP contribution in [0.15, 0.2) is 54.6 Å². The van der Waals surface area contributed by atoms with Crippen molar-refractivity contribution in [3.05, 3.63) is 60.2 Å². The van der Waals surface area contributed by atoms with Gasteiger partial charge in [0.25, 0.3) is 5.91 Å². The Balaban J connectivity index is 2.00. The summed E-state index contributed by atoms with van der Waals surface area (Å²) < 4.78 is 5.44. The fourth-order valence-corrected chi connectivity index (χ4v) is 3.22. The lowest BCUT2D eigenvalue weighted by molar-refractivity contribution is -0.121. The molecular weight excluding hydrogens is 328 g/mol. The lowest BCUT2D eigenvalue weighted by Gasteiger charge is -2.25. The molecule has 0 aromatic heterocycles. The van der Waals surface area contributed by atoms with Gasteiger partial charge in [-0.25, -0.2) is 0 Å². The molecule has 0 spiro atoms. The summed E-state index contributed by atoms with van der Waals surface area (Å²) in [7, 11) is 0. The van der Waals surface area contributed by atoms with E-state index >= 15 is 0 Å². The van der Waals surface area contributed by atoms with E-state index in [2.05, 4.69) is 0 Å². The van der Waals surface area contributed by atoms with Crippen LogP contribution in [-0.4, -0.2) is 38.1 Å². The Hall–Kier alpha value is -2.66. The van der Waals surface area contributed by atoms with E-state index in [0.717, 1.165) is 11.4 Å². The van der Waals surface area contributed by atoms with Gasteiger partial charge in [0.2, 0.25) is 5.91 Å². The molecule has 0 saturated carbocycles. The van der Waals surface area contributed by atoms with Crippen LogP contribution in [0, 0.1) is 5.92 Å². The molecule has 0 radical (unpaired) electrons. The molecule has 0 saturated heterocycles. The van der Waals surface area contributed by atoms with Gasteiger partial charge in [-0.2, -0.15) is 0 Å². The molecule has 2 aromatic carbocycles. The average Bonchev–Trinajstić information content (AvgIpc) is 2.78. The number of hydrogen-bond acceptors (Lipinski definition) is 3. The fourth-order valence-electron chi connectivity index (χ4n) is 3.22. The first-order valence-electron chi connectivity index (χ1n) is 8.98. The Labute approximate surface area is 154 Å². The number of carbonyl (C=O) groups is 2. The van der Waals surface area contributed by atoms with E-state index in [4.69, 9.17) is 4.74 Å². The average molecular weight is 352 g/mol. The first-order chi connectivity index (χ1) is 12.6. The minimum Gasteiger partial charge on any atom is -0.380 e. The maximum absolute atomic E-state index is 13.1. The highest BCUT2D eigenvalue weighted by atomic mass is 16.5. The van der Waals surface area contributed by atoms with Crippen molar-refractivity contribution in [1.29, 1.82) is 0 Å². The maximum atomic E-state index is 13.1. The standard InChI is InChI=1S/C21H24N2O3/c1-3-26-14-13-22-18-11-7-8-12-19(18)23(15-16(2)20(22)24)21(25)17-9-5-4-6-10-17/h4-12,16H,3,13-15H2,1-2H3. The highest BCUT2D eigenvalue weighted by Gasteiger charge is 2.33. The smallest absolute Gasteiger partial charge is 0.258 e. The van der Waals surface area contributed by atoms with E-state index in [-0.39, 0.29) is 17.7 Å². The largest absolute Gasteiger partial charge is 0.380 e. The lowest BCUT2D eigenvalue weighted by atomic mass is 10.1. The van der Waals surface area contributed by atoms with Crippen molar-refractivity contribution >= 4 is 23.2 Å². The molecule has 5 heteroatoms. The number of amides is 2. The Morgan fingerprint density at radius 1 is 1.08 bits per heavy atom. The second-order valence-electron chi connectivity index (χ2n) is 6.36. The minimum atomic E-state index is -0.295. The Morgan fingerprint density at radius 3 is 2.42 bits per heavy atom. The molecule has 0 fully saturated rings. The van der Waals surface area contributed by atoms with Crippen LogP contribution >= 0.6 is 0 Å². The first kappa shape index (κ1) is 18.1. The van der Waals surface area contributed by atoms with Gasteiger partial charge in [-0.3, -0.25) is 9.59 Å². The van der Waals surface area contributed by atoms with Crippen molar-refractivity contribution in [1.82, 2.24) is 0 Å². The number of nitrogens with zero attached hydrogens (tertiary/aromatic N) is 2. The van der Waals surface area contributed by atoms with E-state index in [9.17, 15) is 9.59 Å². The molecule has 0 aliphatic carbocycles. The van der Waals surface area contributed by atoms with Crippen LogP contribution in [0.3, 0.4) is 0 Å². The topological polar surface area (TPSA) is 49.9 Å². The first-order valence-corrected chi connectivity index (χ1v) is 8.98. The lowest BCUT2D eigenvalue weighted by Crippen LogP contribution is -2.39. The SMILES string of the molecule is CCOCCN1C(=O)C(C)CN(C(=O)c2ccccc2)c2ccccc21.